The lowest BCUT2D eigenvalue weighted by Crippen LogP contribution is -2.33. The van der Waals surface area contributed by atoms with Gasteiger partial charge in [-0.25, -0.2) is 13.1 Å². The molecular formula is C13H20N2O2S2. The van der Waals surface area contributed by atoms with Crippen LogP contribution in [0.3, 0.4) is 0 Å². The molecule has 1 aromatic carbocycles. The monoisotopic (exact) mass is 300 g/mol. The first-order chi connectivity index (χ1) is 8.59. The molecule has 0 radical (unpaired) electrons. The van der Waals surface area contributed by atoms with Crippen molar-refractivity contribution in [2.24, 2.45) is 11.1 Å². The molecule has 6 heteroatoms. The second kappa shape index (κ2) is 5.98. The van der Waals surface area contributed by atoms with Crippen molar-refractivity contribution in [2.45, 2.75) is 26.5 Å². The average molecular weight is 300 g/mol. The Bertz CT molecular complexity index is 560. The van der Waals surface area contributed by atoms with Gasteiger partial charge >= 0.3 is 0 Å². The van der Waals surface area contributed by atoms with E-state index in [2.05, 4.69) is 4.72 Å². The van der Waals surface area contributed by atoms with Gasteiger partial charge in [-0.3, -0.25) is 0 Å². The number of nitrogens with one attached hydrogen (secondary N) is 1. The molecule has 0 saturated carbocycles. The van der Waals surface area contributed by atoms with Crippen LogP contribution in [0.5, 0.6) is 0 Å². The summed E-state index contributed by atoms with van der Waals surface area (Å²) in [4.78, 5) is 0.266. The summed E-state index contributed by atoms with van der Waals surface area (Å²) in [7, 11) is -3.34. The SMILES string of the molecule is CC(C)(C)CNS(=O)(=O)Cc1cccc(C(N)=S)c1. The van der Waals surface area contributed by atoms with Gasteiger partial charge in [0.15, 0.2) is 0 Å². The molecule has 0 aliphatic heterocycles. The smallest absolute Gasteiger partial charge is 0.215 e. The molecule has 106 valence electrons. The molecule has 1 aromatic rings. The molecule has 0 aromatic heterocycles. The van der Waals surface area contributed by atoms with Gasteiger partial charge in [0.25, 0.3) is 0 Å². The minimum atomic E-state index is -3.34. The molecular weight excluding hydrogens is 280 g/mol. The first kappa shape index (κ1) is 16.1. The molecule has 19 heavy (non-hydrogen) atoms. The lowest BCUT2D eigenvalue weighted by Gasteiger charge is -2.18. The van der Waals surface area contributed by atoms with E-state index in [9.17, 15) is 8.42 Å². The van der Waals surface area contributed by atoms with E-state index in [1.807, 2.05) is 20.8 Å². The fourth-order valence-electron chi connectivity index (χ4n) is 1.41. The van der Waals surface area contributed by atoms with Gasteiger partial charge in [-0.2, -0.15) is 0 Å². The molecule has 0 bridgehead atoms. The fourth-order valence-corrected chi connectivity index (χ4v) is 2.91. The quantitative estimate of drug-likeness (QED) is 0.813. The lowest BCUT2D eigenvalue weighted by atomic mass is 9.98. The van der Waals surface area contributed by atoms with E-state index in [1.54, 1.807) is 24.3 Å². The first-order valence-electron chi connectivity index (χ1n) is 5.95. The molecule has 4 nitrogen and oxygen atoms in total. The molecule has 0 aliphatic carbocycles. The van der Waals surface area contributed by atoms with E-state index in [4.69, 9.17) is 18.0 Å². The van der Waals surface area contributed by atoms with Gasteiger partial charge in [0.2, 0.25) is 10.0 Å². The molecule has 0 heterocycles. The molecule has 3 N–H and O–H groups in total. The number of nitrogens with two attached hydrogens (primary N) is 1. The van der Waals surface area contributed by atoms with Gasteiger partial charge in [-0.15, -0.1) is 0 Å². The topological polar surface area (TPSA) is 72.2 Å². The molecule has 0 unspecified atom stereocenters. The summed E-state index contributed by atoms with van der Waals surface area (Å²) in [5.41, 5.74) is 6.79. The van der Waals surface area contributed by atoms with E-state index < -0.39 is 10.0 Å². The van der Waals surface area contributed by atoms with Crippen LogP contribution >= 0.6 is 12.2 Å². The third kappa shape index (κ3) is 6.13. The minimum Gasteiger partial charge on any atom is -0.389 e. The van der Waals surface area contributed by atoms with Gasteiger partial charge in [-0.1, -0.05) is 51.2 Å². The van der Waals surface area contributed by atoms with Crippen LogP contribution in [0, 0.1) is 5.41 Å². The number of rotatable bonds is 5. The van der Waals surface area contributed by atoms with Crippen LogP contribution in [-0.4, -0.2) is 20.0 Å². The fraction of sp³-hybridized carbons (Fsp3) is 0.462. The van der Waals surface area contributed by atoms with Crippen molar-refractivity contribution < 1.29 is 8.42 Å². The van der Waals surface area contributed by atoms with Crippen molar-refractivity contribution in [1.29, 1.82) is 0 Å². The summed E-state index contributed by atoms with van der Waals surface area (Å²) in [6, 6.07) is 6.97. The molecule has 0 atom stereocenters. The molecule has 0 aliphatic rings. The van der Waals surface area contributed by atoms with Crippen molar-refractivity contribution in [1.82, 2.24) is 4.72 Å². The van der Waals surface area contributed by atoms with Crippen LogP contribution in [-0.2, 0) is 15.8 Å². The number of hydrogen-bond donors (Lipinski definition) is 2. The molecule has 0 amide bonds. The van der Waals surface area contributed by atoms with Crippen LogP contribution in [0.1, 0.15) is 31.9 Å². The van der Waals surface area contributed by atoms with Crippen LogP contribution < -0.4 is 10.5 Å². The third-order valence-corrected chi connectivity index (χ3v) is 3.92. The number of thiocarbonyl (C=S) groups is 1. The zero-order valence-corrected chi connectivity index (χ0v) is 13.1. The summed E-state index contributed by atoms with van der Waals surface area (Å²) in [6.45, 7) is 6.33. The predicted molar refractivity (Wildman–Crippen MR) is 82.4 cm³/mol. The summed E-state index contributed by atoms with van der Waals surface area (Å²) >= 11 is 4.88. The predicted octanol–water partition coefficient (Wildman–Crippen LogP) is 1.79. The van der Waals surface area contributed by atoms with Crippen molar-refractivity contribution in [3.8, 4) is 0 Å². The van der Waals surface area contributed by atoms with E-state index in [0.717, 1.165) is 0 Å². The van der Waals surface area contributed by atoms with Crippen LogP contribution in [0.2, 0.25) is 0 Å². The van der Waals surface area contributed by atoms with E-state index in [-0.39, 0.29) is 16.2 Å². The second-order valence-corrected chi connectivity index (χ2v) is 7.95. The van der Waals surface area contributed by atoms with Gasteiger partial charge in [0.1, 0.15) is 4.99 Å². The van der Waals surface area contributed by atoms with Gasteiger partial charge in [0, 0.05) is 12.1 Å². The Morgan fingerprint density at radius 1 is 1.37 bits per heavy atom. The van der Waals surface area contributed by atoms with Crippen LogP contribution in [0.25, 0.3) is 0 Å². The normalized spacial score (nSPS) is 12.4. The van der Waals surface area contributed by atoms with E-state index in [1.165, 1.54) is 0 Å². The maximum atomic E-state index is 12.0. The summed E-state index contributed by atoms with van der Waals surface area (Å²) in [5, 5.41) is 0. The highest BCUT2D eigenvalue weighted by molar-refractivity contribution is 7.88. The van der Waals surface area contributed by atoms with Crippen molar-refractivity contribution in [3.63, 3.8) is 0 Å². The van der Waals surface area contributed by atoms with Crippen molar-refractivity contribution >= 4 is 27.2 Å². The second-order valence-electron chi connectivity index (χ2n) is 5.71. The number of benzene rings is 1. The van der Waals surface area contributed by atoms with E-state index >= 15 is 0 Å². The van der Waals surface area contributed by atoms with Crippen molar-refractivity contribution in [3.05, 3.63) is 35.4 Å². The first-order valence-corrected chi connectivity index (χ1v) is 8.01. The van der Waals surface area contributed by atoms with Gasteiger partial charge < -0.3 is 5.73 Å². The Balaban J connectivity index is 2.78. The van der Waals surface area contributed by atoms with Crippen LogP contribution in [0.15, 0.2) is 24.3 Å². The Morgan fingerprint density at radius 2 is 2.00 bits per heavy atom. The van der Waals surface area contributed by atoms with Gasteiger partial charge in [-0.05, 0) is 17.0 Å². The molecule has 0 fully saturated rings. The average Bonchev–Trinajstić information content (AvgIpc) is 2.25. The zero-order chi connectivity index (χ0) is 14.7. The highest BCUT2D eigenvalue weighted by Crippen LogP contribution is 2.13. The third-order valence-electron chi connectivity index (χ3n) is 2.39. The highest BCUT2D eigenvalue weighted by Gasteiger charge is 2.17. The molecule has 1 rings (SSSR count). The summed E-state index contributed by atoms with van der Waals surface area (Å²) in [6.07, 6.45) is 0. The Labute approximate surface area is 120 Å². The molecule has 0 spiro atoms. The minimum absolute atomic E-state index is 0.0699. The standard InChI is InChI=1S/C13H20N2O2S2/c1-13(2,3)9-15-19(16,17)8-10-5-4-6-11(7-10)12(14)18/h4-7,15H,8-9H2,1-3H3,(H2,14,18). The maximum absolute atomic E-state index is 12.0. The zero-order valence-electron chi connectivity index (χ0n) is 11.4. The van der Waals surface area contributed by atoms with E-state index in [0.29, 0.717) is 17.7 Å². The largest absolute Gasteiger partial charge is 0.389 e. The number of hydrogen-bond acceptors (Lipinski definition) is 3. The summed E-state index contributed by atoms with van der Waals surface area (Å²) < 4.78 is 26.5. The highest BCUT2D eigenvalue weighted by atomic mass is 32.2. The van der Waals surface area contributed by atoms with Crippen LogP contribution in [0.4, 0.5) is 0 Å². The molecule has 0 saturated heterocycles. The van der Waals surface area contributed by atoms with Gasteiger partial charge in [0.05, 0.1) is 5.75 Å². The lowest BCUT2D eigenvalue weighted by molar-refractivity contribution is 0.407. The Hall–Kier alpha value is -0.980. The Morgan fingerprint density at radius 3 is 2.53 bits per heavy atom. The number of sulfonamides is 1. The Kier molecular flexibility index (Phi) is 5.06. The maximum Gasteiger partial charge on any atom is 0.215 e. The summed E-state index contributed by atoms with van der Waals surface area (Å²) in [5.74, 6) is -0.0699. The van der Waals surface area contributed by atoms with Crippen molar-refractivity contribution in [2.75, 3.05) is 6.54 Å².